The highest BCUT2D eigenvalue weighted by Gasteiger charge is 2.09. The second-order valence-corrected chi connectivity index (χ2v) is 5.09. The van der Waals surface area contributed by atoms with Gasteiger partial charge in [0.15, 0.2) is 0 Å². The van der Waals surface area contributed by atoms with Gasteiger partial charge in [-0.3, -0.25) is 4.79 Å². The van der Waals surface area contributed by atoms with Crippen molar-refractivity contribution < 1.29 is 9.53 Å². The van der Waals surface area contributed by atoms with Gasteiger partial charge >= 0.3 is 0 Å². The maximum atomic E-state index is 11.8. The maximum absolute atomic E-state index is 11.8. The van der Waals surface area contributed by atoms with Gasteiger partial charge in [0, 0.05) is 16.0 Å². The molecule has 0 atom stereocenters. The Kier molecular flexibility index (Phi) is 5.95. The van der Waals surface area contributed by atoms with Crippen LogP contribution in [-0.4, -0.2) is 25.2 Å². The Morgan fingerprint density at radius 1 is 1.53 bits per heavy atom. The van der Waals surface area contributed by atoms with Crippen LogP contribution in [0.4, 0.5) is 0 Å². The highest BCUT2D eigenvalue weighted by molar-refractivity contribution is 9.10. The second-order valence-electron chi connectivity index (χ2n) is 3.80. The zero-order valence-corrected chi connectivity index (χ0v) is 12.1. The lowest BCUT2D eigenvalue weighted by Crippen LogP contribution is -2.28. The summed E-state index contributed by atoms with van der Waals surface area (Å²) in [5.74, 6) is -0.160. The zero-order chi connectivity index (χ0) is 12.8. The number of hydrogen-bond donors (Lipinski definition) is 1. The molecular weight excluding hydrogens is 305 g/mol. The third-order valence-corrected chi connectivity index (χ3v) is 2.94. The molecule has 1 amide bonds. The van der Waals surface area contributed by atoms with Gasteiger partial charge in [-0.25, -0.2) is 0 Å². The van der Waals surface area contributed by atoms with Crippen LogP contribution >= 0.6 is 27.5 Å². The molecule has 0 spiro atoms. The van der Waals surface area contributed by atoms with E-state index in [0.717, 1.165) is 4.47 Å². The molecular formula is C12H15BrClNO2. The topological polar surface area (TPSA) is 38.3 Å². The molecule has 0 heterocycles. The van der Waals surface area contributed by atoms with Crippen LogP contribution < -0.4 is 5.32 Å². The second kappa shape index (κ2) is 6.99. The minimum atomic E-state index is -0.160. The maximum Gasteiger partial charge on any atom is 0.252 e. The average Bonchev–Trinajstić information content (AvgIpc) is 2.27. The quantitative estimate of drug-likeness (QED) is 0.846. The normalized spacial score (nSPS) is 10.6. The molecule has 94 valence electrons. The predicted octanol–water partition coefficient (Wildman–Crippen LogP) is 3.26. The van der Waals surface area contributed by atoms with Crippen molar-refractivity contribution in [1.82, 2.24) is 5.32 Å². The van der Waals surface area contributed by atoms with E-state index in [1.54, 1.807) is 18.2 Å². The van der Waals surface area contributed by atoms with Crippen LogP contribution in [0.1, 0.15) is 24.2 Å². The molecule has 0 unspecified atom stereocenters. The van der Waals surface area contributed by atoms with Crippen molar-refractivity contribution >= 4 is 33.4 Å². The van der Waals surface area contributed by atoms with Crippen LogP contribution in [0.3, 0.4) is 0 Å². The van der Waals surface area contributed by atoms with Crippen molar-refractivity contribution in [3.05, 3.63) is 33.3 Å². The molecule has 0 aliphatic rings. The Hall–Kier alpha value is -0.580. The van der Waals surface area contributed by atoms with E-state index in [1.807, 2.05) is 13.8 Å². The Morgan fingerprint density at radius 3 is 2.88 bits per heavy atom. The van der Waals surface area contributed by atoms with Crippen molar-refractivity contribution in [3.63, 3.8) is 0 Å². The number of rotatable bonds is 5. The van der Waals surface area contributed by atoms with E-state index in [2.05, 4.69) is 21.2 Å². The van der Waals surface area contributed by atoms with Crippen molar-refractivity contribution in [2.45, 2.75) is 20.0 Å². The van der Waals surface area contributed by atoms with E-state index in [1.165, 1.54) is 0 Å². The van der Waals surface area contributed by atoms with Gasteiger partial charge < -0.3 is 10.1 Å². The summed E-state index contributed by atoms with van der Waals surface area (Å²) in [5.41, 5.74) is 0.530. The molecule has 0 bridgehead atoms. The lowest BCUT2D eigenvalue weighted by atomic mass is 10.2. The fraction of sp³-hybridized carbons (Fsp3) is 0.417. The van der Waals surface area contributed by atoms with Crippen LogP contribution in [0.5, 0.6) is 0 Å². The average molecular weight is 321 g/mol. The molecule has 5 heteroatoms. The molecule has 1 rings (SSSR count). The molecule has 0 fully saturated rings. The summed E-state index contributed by atoms with van der Waals surface area (Å²) >= 11 is 9.15. The van der Waals surface area contributed by atoms with Gasteiger partial charge in [0.2, 0.25) is 0 Å². The first kappa shape index (κ1) is 14.5. The van der Waals surface area contributed by atoms with Crippen LogP contribution in [-0.2, 0) is 4.74 Å². The highest BCUT2D eigenvalue weighted by Crippen LogP contribution is 2.20. The molecule has 0 aliphatic carbocycles. The third-order valence-electron chi connectivity index (χ3n) is 2.01. The lowest BCUT2D eigenvalue weighted by molar-refractivity contribution is 0.0746. The van der Waals surface area contributed by atoms with Crippen molar-refractivity contribution in [2.24, 2.45) is 0 Å². The monoisotopic (exact) mass is 319 g/mol. The summed E-state index contributed by atoms with van der Waals surface area (Å²) < 4.78 is 6.06. The first-order valence-corrected chi connectivity index (χ1v) is 6.52. The summed E-state index contributed by atoms with van der Waals surface area (Å²) in [6, 6.07) is 5.11. The van der Waals surface area contributed by atoms with Crippen molar-refractivity contribution in [1.29, 1.82) is 0 Å². The number of ether oxygens (including phenoxy) is 1. The summed E-state index contributed by atoms with van der Waals surface area (Å²) in [4.78, 5) is 11.8. The smallest absolute Gasteiger partial charge is 0.252 e. The number of benzene rings is 1. The Bertz CT molecular complexity index is 396. The van der Waals surface area contributed by atoms with Crippen LogP contribution in [0.15, 0.2) is 22.7 Å². The van der Waals surface area contributed by atoms with Crippen molar-refractivity contribution in [2.75, 3.05) is 13.2 Å². The standard InChI is InChI=1S/C12H15BrClNO2/c1-8(2)17-6-5-15-12(16)10-7-9(14)3-4-11(10)13/h3-4,7-8H,5-6H2,1-2H3,(H,15,16). The molecule has 17 heavy (non-hydrogen) atoms. The number of halogens is 2. The van der Waals surface area contributed by atoms with E-state index >= 15 is 0 Å². The lowest BCUT2D eigenvalue weighted by Gasteiger charge is -2.09. The number of carbonyl (C=O) groups excluding carboxylic acids is 1. The molecule has 1 aromatic rings. The molecule has 0 radical (unpaired) electrons. The van der Waals surface area contributed by atoms with E-state index in [9.17, 15) is 4.79 Å². The van der Waals surface area contributed by atoms with E-state index in [0.29, 0.717) is 23.7 Å². The molecule has 0 saturated carbocycles. The fourth-order valence-electron chi connectivity index (χ4n) is 1.23. The Morgan fingerprint density at radius 2 is 2.24 bits per heavy atom. The predicted molar refractivity (Wildman–Crippen MR) is 72.6 cm³/mol. The SMILES string of the molecule is CC(C)OCCNC(=O)c1cc(Cl)ccc1Br. The van der Waals surface area contributed by atoms with E-state index in [-0.39, 0.29) is 12.0 Å². The molecule has 0 aromatic heterocycles. The number of carbonyl (C=O) groups is 1. The number of nitrogens with one attached hydrogen (secondary N) is 1. The van der Waals surface area contributed by atoms with Crippen LogP contribution in [0, 0.1) is 0 Å². The highest BCUT2D eigenvalue weighted by atomic mass is 79.9. The summed E-state index contributed by atoms with van der Waals surface area (Å²) in [7, 11) is 0. The minimum absolute atomic E-state index is 0.160. The Labute approximate surface area is 115 Å². The minimum Gasteiger partial charge on any atom is -0.377 e. The van der Waals surface area contributed by atoms with Gasteiger partial charge in [0.1, 0.15) is 0 Å². The van der Waals surface area contributed by atoms with Gasteiger partial charge in [-0.05, 0) is 48.0 Å². The largest absolute Gasteiger partial charge is 0.377 e. The fourth-order valence-corrected chi connectivity index (χ4v) is 1.82. The molecule has 1 N–H and O–H groups in total. The molecule has 1 aromatic carbocycles. The Balaban J connectivity index is 2.49. The number of hydrogen-bond acceptors (Lipinski definition) is 2. The summed E-state index contributed by atoms with van der Waals surface area (Å²) in [5, 5.41) is 3.31. The van der Waals surface area contributed by atoms with Gasteiger partial charge in [0.05, 0.1) is 18.3 Å². The van der Waals surface area contributed by atoms with Crippen LogP contribution in [0.25, 0.3) is 0 Å². The van der Waals surface area contributed by atoms with Crippen molar-refractivity contribution in [3.8, 4) is 0 Å². The molecule has 0 saturated heterocycles. The van der Waals surface area contributed by atoms with Crippen LogP contribution in [0.2, 0.25) is 5.02 Å². The number of amides is 1. The van der Waals surface area contributed by atoms with Gasteiger partial charge in [-0.2, -0.15) is 0 Å². The first-order valence-electron chi connectivity index (χ1n) is 5.35. The third kappa shape index (κ3) is 5.06. The van der Waals surface area contributed by atoms with Gasteiger partial charge in [-0.1, -0.05) is 11.6 Å². The molecule has 0 aliphatic heterocycles. The molecule has 3 nitrogen and oxygen atoms in total. The first-order chi connectivity index (χ1) is 8.00. The summed E-state index contributed by atoms with van der Waals surface area (Å²) in [6.45, 7) is 4.89. The van der Waals surface area contributed by atoms with Gasteiger partial charge in [0.25, 0.3) is 5.91 Å². The zero-order valence-electron chi connectivity index (χ0n) is 9.80. The van der Waals surface area contributed by atoms with E-state index in [4.69, 9.17) is 16.3 Å². The van der Waals surface area contributed by atoms with E-state index < -0.39 is 0 Å². The van der Waals surface area contributed by atoms with Gasteiger partial charge in [-0.15, -0.1) is 0 Å². The summed E-state index contributed by atoms with van der Waals surface area (Å²) in [6.07, 6.45) is 0.171.